The van der Waals surface area contributed by atoms with E-state index in [0.717, 1.165) is 56.8 Å². The molecule has 0 amide bonds. The molecule has 1 aliphatic carbocycles. The van der Waals surface area contributed by atoms with Crippen LogP contribution in [0, 0.1) is 6.92 Å². The molecule has 1 unspecified atom stereocenters. The van der Waals surface area contributed by atoms with Crippen LogP contribution in [0.5, 0.6) is 5.75 Å². The number of nitrogens with zero attached hydrogens (tertiary/aromatic N) is 6. The number of hydrogen-bond donors (Lipinski definition) is 2. The third-order valence-electron chi connectivity index (χ3n) is 8.98. The standard InChI is InChI=1S/C33H49ClN8O3S/c1-8-24(13-14-40(5)6)42-15-11-23(12-16-42)26-18-30(45-25-9-10-25)28(17-22(26)4)37-33-35-19-27(34)31(38-33)36-29-20-41(7)39-32(29)46(43,44)21(2)3/h17-21,23-25H,8-16H2,1-7H3,(H2,35,36,37,38). The Morgan fingerprint density at radius 1 is 1.11 bits per heavy atom. The van der Waals surface area contributed by atoms with Crippen molar-refractivity contribution in [2.45, 2.75) is 94.6 Å². The number of ether oxygens (including phenoxy) is 1. The third-order valence-corrected chi connectivity index (χ3v) is 11.3. The summed E-state index contributed by atoms with van der Waals surface area (Å²) in [7, 11) is 2.33. The predicted molar refractivity (Wildman–Crippen MR) is 185 cm³/mol. The largest absolute Gasteiger partial charge is 0.488 e. The third kappa shape index (κ3) is 8.13. The number of benzene rings is 1. The first kappa shape index (κ1) is 34.4. The van der Waals surface area contributed by atoms with Gasteiger partial charge in [0.05, 0.1) is 28.9 Å². The Hall–Kier alpha value is -2.93. The Morgan fingerprint density at radius 3 is 2.46 bits per heavy atom. The number of nitrogens with one attached hydrogen (secondary N) is 2. The minimum Gasteiger partial charge on any atom is -0.488 e. The van der Waals surface area contributed by atoms with E-state index in [1.54, 1.807) is 27.1 Å². The second-order valence-electron chi connectivity index (χ2n) is 13.2. The van der Waals surface area contributed by atoms with Crippen LogP contribution in [0.3, 0.4) is 0 Å². The van der Waals surface area contributed by atoms with Crippen LogP contribution in [-0.2, 0) is 16.9 Å². The molecule has 2 fully saturated rings. The number of aromatic nitrogens is 4. The smallest absolute Gasteiger partial charge is 0.229 e. The van der Waals surface area contributed by atoms with Gasteiger partial charge in [0.25, 0.3) is 0 Å². The van der Waals surface area contributed by atoms with Crippen molar-refractivity contribution in [1.82, 2.24) is 29.5 Å². The number of hydrogen-bond acceptors (Lipinski definition) is 10. The van der Waals surface area contributed by atoms with Crippen LogP contribution in [-0.4, -0.2) is 89.1 Å². The van der Waals surface area contributed by atoms with Crippen molar-refractivity contribution in [2.75, 3.05) is 44.4 Å². The maximum absolute atomic E-state index is 13.0. The van der Waals surface area contributed by atoms with Gasteiger partial charge >= 0.3 is 0 Å². The van der Waals surface area contributed by atoms with E-state index in [0.29, 0.717) is 23.6 Å². The Bertz CT molecular complexity index is 1610. The van der Waals surface area contributed by atoms with Crippen LogP contribution in [0.4, 0.5) is 23.1 Å². The summed E-state index contributed by atoms with van der Waals surface area (Å²) in [5.41, 5.74) is 3.64. The maximum atomic E-state index is 13.0. The Balaban J connectivity index is 1.35. The minimum atomic E-state index is -3.64. The molecule has 2 aromatic heterocycles. The fourth-order valence-corrected chi connectivity index (χ4v) is 7.32. The van der Waals surface area contributed by atoms with Crippen LogP contribution in [0.1, 0.15) is 76.3 Å². The molecule has 2 aliphatic rings. The van der Waals surface area contributed by atoms with Gasteiger partial charge in [0.2, 0.25) is 20.8 Å². The lowest BCUT2D eigenvalue weighted by atomic mass is 9.85. The highest BCUT2D eigenvalue weighted by Crippen LogP contribution is 2.40. The van der Waals surface area contributed by atoms with Gasteiger partial charge in [-0.3, -0.25) is 4.68 Å². The maximum Gasteiger partial charge on any atom is 0.229 e. The van der Waals surface area contributed by atoms with Crippen LogP contribution < -0.4 is 15.4 Å². The molecule has 0 bridgehead atoms. The topological polar surface area (TPSA) is 118 Å². The first-order valence-electron chi connectivity index (χ1n) is 16.4. The molecule has 13 heteroatoms. The van der Waals surface area contributed by atoms with Gasteiger partial charge in [0, 0.05) is 19.3 Å². The number of aryl methyl sites for hydroxylation is 2. The van der Waals surface area contributed by atoms with Crippen LogP contribution in [0.25, 0.3) is 0 Å². The van der Waals surface area contributed by atoms with E-state index < -0.39 is 15.1 Å². The molecule has 5 rings (SSSR count). The summed E-state index contributed by atoms with van der Waals surface area (Å²) in [5.74, 6) is 1.87. The van der Waals surface area contributed by atoms with Crippen LogP contribution in [0.15, 0.2) is 29.6 Å². The van der Waals surface area contributed by atoms with E-state index in [2.05, 4.69) is 75.6 Å². The molecule has 3 heterocycles. The van der Waals surface area contributed by atoms with E-state index in [-0.39, 0.29) is 22.0 Å². The summed E-state index contributed by atoms with van der Waals surface area (Å²) in [6.45, 7) is 11.1. The molecular formula is C33H49ClN8O3S. The average molecular weight is 673 g/mol. The molecule has 0 spiro atoms. The summed E-state index contributed by atoms with van der Waals surface area (Å²) >= 11 is 6.47. The van der Waals surface area contributed by atoms with Crippen molar-refractivity contribution >= 4 is 44.6 Å². The Morgan fingerprint density at radius 2 is 1.83 bits per heavy atom. The normalized spacial score (nSPS) is 17.1. The number of rotatable bonds is 14. The second-order valence-corrected chi connectivity index (χ2v) is 16.1. The SMILES string of the molecule is CCC(CCN(C)C)N1CCC(c2cc(OC3CC3)c(Nc3ncc(Cl)c(Nc4cn(C)nc4S(=O)(=O)C(C)C)n3)cc2C)CC1. The molecule has 2 N–H and O–H groups in total. The molecular weight excluding hydrogens is 624 g/mol. The Kier molecular flexibility index (Phi) is 10.8. The number of sulfone groups is 1. The first-order chi connectivity index (χ1) is 21.8. The molecule has 1 atom stereocenters. The zero-order valence-electron chi connectivity index (χ0n) is 28.2. The predicted octanol–water partition coefficient (Wildman–Crippen LogP) is 6.29. The minimum absolute atomic E-state index is 0.0508. The number of anilines is 4. The first-order valence-corrected chi connectivity index (χ1v) is 18.3. The van der Waals surface area contributed by atoms with Gasteiger partial charge in [0.1, 0.15) is 10.8 Å². The van der Waals surface area contributed by atoms with Crippen LogP contribution in [0.2, 0.25) is 5.02 Å². The van der Waals surface area contributed by atoms with Gasteiger partial charge in [-0.2, -0.15) is 10.1 Å². The van der Waals surface area contributed by atoms with Gasteiger partial charge in [-0.25, -0.2) is 13.4 Å². The molecule has 1 aromatic carbocycles. The fraction of sp³-hybridized carbons (Fsp3) is 0.606. The van der Waals surface area contributed by atoms with Gasteiger partial charge in [-0.15, -0.1) is 0 Å². The van der Waals surface area contributed by atoms with Crippen molar-refractivity contribution in [2.24, 2.45) is 7.05 Å². The van der Waals surface area contributed by atoms with Crippen molar-refractivity contribution in [3.63, 3.8) is 0 Å². The van der Waals surface area contributed by atoms with E-state index in [4.69, 9.17) is 16.3 Å². The average Bonchev–Trinajstić information content (AvgIpc) is 3.75. The van der Waals surface area contributed by atoms with Crippen molar-refractivity contribution < 1.29 is 13.2 Å². The van der Waals surface area contributed by atoms with Crippen LogP contribution >= 0.6 is 11.6 Å². The van der Waals surface area contributed by atoms with Gasteiger partial charge in [-0.05, 0) is 122 Å². The van der Waals surface area contributed by atoms with E-state index in [1.807, 2.05) is 0 Å². The van der Waals surface area contributed by atoms with Crippen molar-refractivity contribution in [1.29, 1.82) is 0 Å². The summed E-state index contributed by atoms with van der Waals surface area (Å²) in [5, 5.41) is 10.2. The number of likely N-dealkylation sites (tertiary alicyclic amines) is 1. The molecule has 1 saturated carbocycles. The zero-order valence-corrected chi connectivity index (χ0v) is 29.7. The molecule has 1 aliphatic heterocycles. The molecule has 252 valence electrons. The summed E-state index contributed by atoms with van der Waals surface area (Å²) in [4.78, 5) is 14.0. The zero-order chi connectivity index (χ0) is 33.2. The molecule has 3 aromatic rings. The highest BCUT2D eigenvalue weighted by atomic mass is 35.5. The van der Waals surface area contributed by atoms with E-state index in [9.17, 15) is 8.42 Å². The quantitative estimate of drug-likeness (QED) is 0.202. The summed E-state index contributed by atoms with van der Waals surface area (Å²) < 4.78 is 33.8. The van der Waals surface area contributed by atoms with E-state index >= 15 is 0 Å². The summed E-state index contributed by atoms with van der Waals surface area (Å²) in [6, 6.07) is 4.98. The van der Waals surface area contributed by atoms with Crippen molar-refractivity contribution in [3.05, 3.63) is 40.7 Å². The lowest BCUT2D eigenvalue weighted by Gasteiger charge is -2.38. The van der Waals surface area contributed by atoms with Gasteiger partial charge in [0.15, 0.2) is 5.82 Å². The lowest BCUT2D eigenvalue weighted by molar-refractivity contribution is 0.133. The summed E-state index contributed by atoms with van der Waals surface area (Å²) in [6.07, 6.45) is 10.1. The van der Waals surface area contributed by atoms with Crippen molar-refractivity contribution in [3.8, 4) is 5.75 Å². The highest BCUT2D eigenvalue weighted by molar-refractivity contribution is 7.92. The molecule has 46 heavy (non-hydrogen) atoms. The van der Waals surface area contributed by atoms with Gasteiger partial charge < -0.3 is 25.2 Å². The molecule has 11 nitrogen and oxygen atoms in total. The Labute approximate surface area is 279 Å². The number of piperidine rings is 1. The number of halogens is 1. The fourth-order valence-electron chi connectivity index (χ4n) is 6.08. The second kappa shape index (κ2) is 14.5. The monoisotopic (exact) mass is 672 g/mol. The molecule has 0 radical (unpaired) electrons. The molecule has 1 saturated heterocycles. The van der Waals surface area contributed by atoms with Gasteiger partial charge in [-0.1, -0.05) is 18.5 Å². The highest BCUT2D eigenvalue weighted by Gasteiger charge is 2.30. The van der Waals surface area contributed by atoms with E-state index in [1.165, 1.54) is 34.8 Å². The lowest BCUT2D eigenvalue weighted by Crippen LogP contribution is -2.42.